The van der Waals surface area contributed by atoms with Crippen molar-refractivity contribution < 1.29 is 19.0 Å². The molecule has 0 saturated heterocycles. The number of methoxy groups -OCH3 is 1. The topological polar surface area (TPSA) is 79.1 Å². The highest BCUT2D eigenvalue weighted by Crippen LogP contribution is 2.31. The lowest BCUT2D eigenvalue weighted by atomic mass is 9.96. The fourth-order valence-electron chi connectivity index (χ4n) is 3.95. The van der Waals surface area contributed by atoms with Gasteiger partial charge in [-0.25, -0.2) is 9.79 Å². The van der Waals surface area contributed by atoms with Crippen LogP contribution in [-0.2, 0) is 9.53 Å². The molecule has 0 fully saturated rings. The van der Waals surface area contributed by atoms with Crippen molar-refractivity contribution in [2.45, 2.75) is 26.8 Å². The van der Waals surface area contributed by atoms with Crippen molar-refractivity contribution in [2.75, 3.05) is 20.3 Å². The first kappa shape index (κ1) is 24.9. The Morgan fingerprint density at radius 3 is 2.54 bits per heavy atom. The van der Waals surface area contributed by atoms with Crippen LogP contribution < -0.4 is 24.4 Å². The van der Waals surface area contributed by atoms with Gasteiger partial charge in [0.15, 0.2) is 16.3 Å². The summed E-state index contributed by atoms with van der Waals surface area (Å²) in [5, 5.41) is 0. The molecule has 35 heavy (non-hydrogen) atoms. The van der Waals surface area contributed by atoms with Gasteiger partial charge in [-0.1, -0.05) is 45.5 Å². The molecule has 0 amide bonds. The van der Waals surface area contributed by atoms with E-state index < -0.39 is 12.0 Å². The highest BCUT2D eigenvalue weighted by Gasteiger charge is 2.33. The lowest BCUT2D eigenvalue weighted by molar-refractivity contribution is -0.139. The Morgan fingerprint density at radius 2 is 1.89 bits per heavy atom. The Kier molecular flexibility index (Phi) is 7.57. The number of hydrogen-bond acceptors (Lipinski definition) is 7. The van der Waals surface area contributed by atoms with Gasteiger partial charge in [0.25, 0.3) is 5.56 Å². The summed E-state index contributed by atoms with van der Waals surface area (Å²) in [4.78, 5) is 31.7. The molecule has 2 aromatic carbocycles. The number of benzene rings is 2. The SMILES string of the molecule is CCOC(=O)C1=C(C)N=c2s/c(=C\c3ccc(OCC)c(OC)c3)c(=O)n2[C@H]1c1ccc(Br)cc1. The number of thiazole rings is 1. The lowest BCUT2D eigenvalue weighted by Crippen LogP contribution is -2.39. The second-order valence-corrected chi connectivity index (χ2v) is 9.62. The molecule has 3 aromatic rings. The standard InChI is InChI=1S/C26H25BrN2O5S/c1-5-33-19-12-7-16(13-20(19)32-4)14-21-24(30)29-23(17-8-10-18(27)11-9-17)22(25(31)34-6-2)15(3)28-26(29)35-21/h7-14,23H,5-6H2,1-4H3/b21-14-/t23-/m0/s1. The molecule has 0 radical (unpaired) electrons. The monoisotopic (exact) mass is 556 g/mol. The van der Waals surface area contributed by atoms with E-state index in [4.69, 9.17) is 14.2 Å². The lowest BCUT2D eigenvalue weighted by Gasteiger charge is -2.24. The minimum Gasteiger partial charge on any atom is -0.493 e. The zero-order valence-electron chi connectivity index (χ0n) is 19.8. The molecule has 0 spiro atoms. The molecule has 9 heteroatoms. The Balaban J connectivity index is 1.90. The maximum Gasteiger partial charge on any atom is 0.338 e. The number of ether oxygens (including phenoxy) is 3. The molecule has 0 bridgehead atoms. The minimum atomic E-state index is -0.643. The Morgan fingerprint density at radius 1 is 1.14 bits per heavy atom. The van der Waals surface area contributed by atoms with Crippen molar-refractivity contribution >= 4 is 39.3 Å². The number of carbonyl (C=O) groups is 1. The third-order valence-electron chi connectivity index (χ3n) is 5.49. The fraction of sp³-hybridized carbons (Fsp3) is 0.269. The van der Waals surface area contributed by atoms with Crippen molar-refractivity contribution in [1.29, 1.82) is 0 Å². The number of aromatic nitrogens is 1. The van der Waals surface area contributed by atoms with Gasteiger partial charge in [0.1, 0.15) is 0 Å². The normalized spacial score (nSPS) is 15.5. The summed E-state index contributed by atoms with van der Waals surface area (Å²) in [5.74, 6) is 0.743. The van der Waals surface area contributed by atoms with Gasteiger partial charge in [-0.3, -0.25) is 9.36 Å². The summed E-state index contributed by atoms with van der Waals surface area (Å²) in [6.07, 6.45) is 1.80. The molecule has 0 unspecified atom stereocenters. The summed E-state index contributed by atoms with van der Waals surface area (Å²) < 4.78 is 19.3. The number of halogens is 1. The summed E-state index contributed by atoms with van der Waals surface area (Å²) in [7, 11) is 1.58. The Bertz CT molecular complexity index is 1470. The van der Waals surface area contributed by atoms with E-state index in [1.165, 1.54) is 11.3 Å². The number of allylic oxidation sites excluding steroid dienone is 1. The van der Waals surface area contributed by atoms with Gasteiger partial charge < -0.3 is 14.2 Å². The summed E-state index contributed by atoms with van der Waals surface area (Å²) in [5.41, 5.74) is 2.24. The van der Waals surface area contributed by atoms with Crippen LogP contribution in [0.1, 0.15) is 37.9 Å². The third kappa shape index (κ3) is 4.97. The largest absolute Gasteiger partial charge is 0.493 e. The molecule has 1 atom stereocenters. The highest BCUT2D eigenvalue weighted by atomic mass is 79.9. The zero-order valence-corrected chi connectivity index (χ0v) is 22.2. The molecule has 1 aliphatic rings. The van der Waals surface area contributed by atoms with Crippen molar-refractivity contribution in [3.05, 3.63) is 89.0 Å². The molecule has 0 aliphatic carbocycles. The molecule has 0 N–H and O–H groups in total. The van der Waals surface area contributed by atoms with E-state index in [2.05, 4.69) is 20.9 Å². The van der Waals surface area contributed by atoms with Crippen LogP contribution >= 0.6 is 27.3 Å². The van der Waals surface area contributed by atoms with Crippen LogP contribution in [0, 0.1) is 0 Å². The second-order valence-electron chi connectivity index (χ2n) is 7.70. The summed E-state index contributed by atoms with van der Waals surface area (Å²) in [6.45, 7) is 6.18. The van der Waals surface area contributed by atoms with Crippen LogP contribution in [0.5, 0.6) is 11.5 Å². The minimum absolute atomic E-state index is 0.229. The smallest absolute Gasteiger partial charge is 0.338 e. The van der Waals surface area contributed by atoms with Gasteiger partial charge in [-0.15, -0.1) is 0 Å². The molecule has 4 rings (SSSR count). The first-order valence-electron chi connectivity index (χ1n) is 11.1. The Hall–Kier alpha value is -3.17. The van der Waals surface area contributed by atoms with Gasteiger partial charge in [-0.05, 0) is 62.2 Å². The van der Waals surface area contributed by atoms with Gasteiger partial charge >= 0.3 is 5.97 Å². The van der Waals surface area contributed by atoms with Crippen molar-refractivity contribution in [1.82, 2.24) is 4.57 Å². The quantitative estimate of drug-likeness (QED) is 0.411. The van der Waals surface area contributed by atoms with Crippen LogP contribution in [0.2, 0.25) is 0 Å². The van der Waals surface area contributed by atoms with Crippen LogP contribution in [0.4, 0.5) is 0 Å². The molecule has 182 valence electrons. The third-order valence-corrected chi connectivity index (χ3v) is 7.00. The maximum atomic E-state index is 13.7. The van der Waals surface area contributed by atoms with Crippen molar-refractivity contribution in [3.8, 4) is 11.5 Å². The van der Waals surface area contributed by atoms with E-state index in [1.54, 1.807) is 31.6 Å². The van der Waals surface area contributed by atoms with E-state index in [0.29, 0.717) is 38.7 Å². The highest BCUT2D eigenvalue weighted by molar-refractivity contribution is 9.10. The summed E-state index contributed by atoms with van der Waals surface area (Å²) in [6, 6.07) is 12.4. The van der Waals surface area contributed by atoms with Gasteiger partial charge in [-0.2, -0.15) is 0 Å². The zero-order chi connectivity index (χ0) is 25.1. The average Bonchev–Trinajstić information content (AvgIpc) is 3.14. The number of rotatable bonds is 7. The first-order valence-corrected chi connectivity index (χ1v) is 12.7. The molecule has 1 aromatic heterocycles. The number of esters is 1. The number of hydrogen-bond donors (Lipinski definition) is 0. The predicted molar refractivity (Wildman–Crippen MR) is 139 cm³/mol. The molecule has 0 saturated carbocycles. The first-order chi connectivity index (χ1) is 16.9. The van der Waals surface area contributed by atoms with Gasteiger partial charge in [0.05, 0.1) is 42.2 Å². The second kappa shape index (κ2) is 10.6. The molecule has 2 heterocycles. The molecular formula is C26H25BrN2O5S. The van der Waals surface area contributed by atoms with E-state index in [-0.39, 0.29) is 12.2 Å². The van der Waals surface area contributed by atoms with Gasteiger partial charge in [0.2, 0.25) is 0 Å². The average molecular weight is 557 g/mol. The molecule has 1 aliphatic heterocycles. The van der Waals surface area contributed by atoms with E-state index >= 15 is 0 Å². The van der Waals surface area contributed by atoms with Crippen molar-refractivity contribution in [2.24, 2.45) is 4.99 Å². The fourth-order valence-corrected chi connectivity index (χ4v) is 5.26. The van der Waals surface area contributed by atoms with Crippen LogP contribution in [0.15, 0.2) is 68.0 Å². The number of fused-ring (bicyclic) bond motifs is 1. The van der Waals surface area contributed by atoms with Crippen LogP contribution in [0.3, 0.4) is 0 Å². The van der Waals surface area contributed by atoms with Gasteiger partial charge in [0, 0.05) is 4.47 Å². The molecular weight excluding hydrogens is 532 g/mol. The Labute approximate surface area is 215 Å². The summed E-state index contributed by atoms with van der Waals surface area (Å²) >= 11 is 4.73. The van der Waals surface area contributed by atoms with Crippen molar-refractivity contribution in [3.63, 3.8) is 0 Å². The van der Waals surface area contributed by atoms with Crippen LogP contribution in [-0.4, -0.2) is 30.9 Å². The van der Waals surface area contributed by atoms with E-state index in [9.17, 15) is 9.59 Å². The maximum absolute atomic E-state index is 13.7. The number of carbonyl (C=O) groups excluding carboxylic acids is 1. The van der Waals surface area contributed by atoms with Crippen LogP contribution in [0.25, 0.3) is 6.08 Å². The van der Waals surface area contributed by atoms with E-state index in [0.717, 1.165) is 15.6 Å². The molecule has 7 nitrogen and oxygen atoms in total. The van der Waals surface area contributed by atoms with E-state index in [1.807, 2.05) is 49.4 Å². The number of nitrogens with zero attached hydrogens (tertiary/aromatic N) is 2. The predicted octanol–water partition coefficient (Wildman–Crippen LogP) is 3.97.